The zero-order chi connectivity index (χ0) is 43.1. The Bertz CT molecular complexity index is 2220. The lowest BCUT2D eigenvalue weighted by atomic mass is 9.74. The Labute approximate surface area is 357 Å². The average molecular weight is 821 g/mol. The molecule has 0 saturated carbocycles. The van der Waals surface area contributed by atoms with Crippen molar-refractivity contribution in [3.8, 4) is 6.07 Å². The summed E-state index contributed by atoms with van der Waals surface area (Å²) in [6.07, 6.45) is 8.14. The van der Waals surface area contributed by atoms with Crippen LogP contribution in [-0.4, -0.2) is 33.4 Å². The van der Waals surface area contributed by atoms with Gasteiger partial charge in [0.2, 0.25) is 0 Å². The highest BCUT2D eigenvalue weighted by Crippen LogP contribution is 2.40. The number of rotatable bonds is 17. The van der Waals surface area contributed by atoms with E-state index in [-0.39, 0.29) is 29.9 Å². The van der Waals surface area contributed by atoms with E-state index in [1.54, 1.807) is 0 Å². The lowest BCUT2D eigenvalue weighted by Crippen LogP contribution is -2.43. The van der Waals surface area contributed by atoms with Crippen molar-refractivity contribution >= 4 is 49.2 Å². The highest BCUT2D eigenvalue weighted by Gasteiger charge is 2.33. The van der Waals surface area contributed by atoms with Crippen molar-refractivity contribution in [2.75, 3.05) is 11.4 Å². The average Bonchev–Trinajstić information content (AvgIpc) is 3.21. The van der Waals surface area contributed by atoms with E-state index in [1.165, 1.54) is 0 Å². The van der Waals surface area contributed by atoms with E-state index >= 15 is 0 Å². The number of allylic oxidation sites excluding steroid dienone is 5. The number of nitrogens with one attached hydrogen (secondary N) is 1. The summed E-state index contributed by atoms with van der Waals surface area (Å²) in [6, 6.07) is 36.7. The first-order valence-electron chi connectivity index (χ1n) is 20.5. The molecule has 0 fully saturated rings. The smallest absolute Gasteiger partial charge is 0.407 e. The van der Waals surface area contributed by atoms with Crippen LogP contribution >= 0.6 is 0 Å². The minimum absolute atomic E-state index is 0.0269. The van der Waals surface area contributed by atoms with E-state index in [0.717, 1.165) is 69.6 Å². The molecule has 0 saturated heterocycles. The summed E-state index contributed by atoms with van der Waals surface area (Å²) in [5.74, 6) is 0. The number of ether oxygens (including phenoxy) is 1. The molecule has 0 unspecified atom stereocenters. The maximum absolute atomic E-state index is 12.5. The molecule has 0 bridgehead atoms. The number of para-hydroxylation sites is 1. The molecule has 4 aromatic rings. The fourth-order valence-corrected chi connectivity index (χ4v) is 10.3. The number of nitrogens with zero attached hydrogens (tertiary/aromatic N) is 5. The monoisotopic (exact) mass is 820 g/mol. The Morgan fingerprint density at radius 2 is 1.43 bits per heavy atom. The zero-order valence-corrected chi connectivity index (χ0v) is 36.8. The minimum Gasteiger partial charge on any atom is -0.445 e. The number of hydrogen-bond acceptors (Lipinski definition) is 8. The molecule has 0 aromatic heterocycles. The molecule has 0 spiro atoms. The molecule has 1 amide bonds. The fourth-order valence-electron chi connectivity index (χ4n) is 7.23. The Balaban J connectivity index is 1.18. The molecule has 5 rings (SSSR count). The van der Waals surface area contributed by atoms with Crippen LogP contribution in [0.4, 0.5) is 33.2 Å². The van der Waals surface area contributed by atoms with Gasteiger partial charge < -0.3 is 23.8 Å². The minimum atomic E-state index is -2.34. The number of carbonyl (C=O) groups is 1. The molecule has 1 aliphatic carbocycles. The van der Waals surface area contributed by atoms with Gasteiger partial charge in [-0.05, 0) is 148 Å². The van der Waals surface area contributed by atoms with E-state index in [4.69, 9.17) is 20.2 Å². The maximum Gasteiger partial charge on any atom is 0.407 e. The van der Waals surface area contributed by atoms with Crippen molar-refractivity contribution in [1.29, 1.82) is 5.26 Å². The number of carbonyl (C=O) groups excluding carboxylic acids is 1. The zero-order valence-electron chi connectivity index (χ0n) is 35.8. The number of azo groups is 1. The first kappa shape index (κ1) is 45.0. The summed E-state index contributed by atoms with van der Waals surface area (Å²) in [6.45, 7) is 22.5. The molecule has 1 aliphatic rings. The summed E-state index contributed by atoms with van der Waals surface area (Å²) in [7, 11) is -2.34. The van der Waals surface area contributed by atoms with Crippen molar-refractivity contribution in [2.24, 2.45) is 15.6 Å². The van der Waals surface area contributed by atoms with Crippen molar-refractivity contribution < 1.29 is 18.4 Å². The third kappa shape index (κ3) is 13.7. The van der Waals surface area contributed by atoms with Crippen LogP contribution in [0.5, 0.6) is 0 Å². The van der Waals surface area contributed by atoms with Crippen molar-refractivity contribution in [1.82, 2.24) is 5.32 Å². The topological polar surface area (TPSA) is 113 Å². The van der Waals surface area contributed by atoms with Gasteiger partial charge in [-0.25, -0.2) is 14.9 Å². The number of benzene rings is 4. The second-order valence-electron chi connectivity index (χ2n) is 16.4. The van der Waals surface area contributed by atoms with Gasteiger partial charge in [-0.15, -0.1) is 0 Å². The first-order valence-corrected chi connectivity index (χ1v) is 23.0. The molecule has 310 valence electrons. The van der Waals surface area contributed by atoms with Gasteiger partial charge in [0.15, 0.2) is 0 Å². The van der Waals surface area contributed by atoms with E-state index in [1.807, 2.05) is 137 Å². The van der Waals surface area contributed by atoms with Crippen LogP contribution in [0, 0.1) is 23.3 Å². The third-order valence-electron chi connectivity index (χ3n) is 9.63. The lowest BCUT2D eigenvalue weighted by Gasteiger charge is -2.31. The van der Waals surface area contributed by atoms with Crippen LogP contribution in [0.15, 0.2) is 142 Å². The summed E-state index contributed by atoms with van der Waals surface area (Å²) < 4.78 is 17.8. The Morgan fingerprint density at radius 1 is 0.867 bits per heavy atom. The Hall–Kier alpha value is -6.11. The summed E-state index contributed by atoms with van der Waals surface area (Å²) in [5.41, 5.74) is 8.28. The van der Waals surface area contributed by atoms with Gasteiger partial charge in [0.05, 0.1) is 24.0 Å². The highest BCUT2D eigenvalue weighted by molar-refractivity contribution is 6.66. The molecule has 0 heterocycles. The molecule has 4 aromatic carbocycles. The SMILES string of the molecule is [C-]#[N+]C(C#N)=C1C=C(C=Cc2ccc(N=Nc3ccc(N(c4ccccc4)c4ccc(COC(=O)NCCC[Si](C)(OC(C)C)OC(C)C)cc4)cc3)cc2)CC(C)(C)C1. The molecule has 0 aliphatic heterocycles. The van der Waals surface area contributed by atoms with Crippen LogP contribution in [0.1, 0.15) is 71.9 Å². The van der Waals surface area contributed by atoms with Gasteiger partial charge in [-0.1, -0.05) is 74.5 Å². The van der Waals surface area contributed by atoms with E-state index in [9.17, 15) is 10.1 Å². The predicted octanol–water partition coefficient (Wildman–Crippen LogP) is 13.6. The molecule has 60 heavy (non-hydrogen) atoms. The van der Waals surface area contributed by atoms with E-state index in [2.05, 4.69) is 63.9 Å². The molecule has 11 heteroatoms. The lowest BCUT2D eigenvalue weighted by molar-refractivity contribution is 0.108. The van der Waals surface area contributed by atoms with Gasteiger partial charge in [-0.2, -0.15) is 10.2 Å². The standard InChI is InChI=1S/C49H56N6O4Si/c1-36(2)58-60(8,59-37(3)4)30-12-29-52-48(56)57-35-39-19-25-45(26-20-39)55(44-13-10-9-11-14-44)46-27-23-43(24-28-46)54-53-42-21-17-38(18-22-42)15-16-40-31-41(47(34-50)51-7)33-49(5,6)32-40/h9-11,13-28,31,36-37H,12,29-30,32-33,35H2,1-6,8H3,(H,52,56). The highest BCUT2D eigenvalue weighted by atomic mass is 28.4. The normalized spacial score (nSPS) is 14.8. The van der Waals surface area contributed by atoms with E-state index in [0.29, 0.717) is 13.0 Å². The van der Waals surface area contributed by atoms with Crippen molar-refractivity contribution in [2.45, 2.75) is 92.2 Å². The van der Waals surface area contributed by atoms with Gasteiger partial charge in [0.25, 0.3) is 5.70 Å². The summed E-state index contributed by atoms with van der Waals surface area (Å²) >= 11 is 0. The summed E-state index contributed by atoms with van der Waals surface area (Å²) in [5, 5.41) is 21.2. The Morgan fingerprint density at radius 3 is 2.00 bits per heavy atom. The largest absolute Gasteiger partial charge is 0.445 e. The van der Waals surface area contributed by atoms with Crippen LogP contribution in [0.2, 0.25) is 12.6 Å². The maximum atomic E-state index is 12.5. The molecule has 0 atom stereocenters. The number of nitriles is 1. The van der Waals surface area contributed by atoms with Crippen molar-refractivity contribution in [3.63, 3.8) is 0 Å². The van der Waals surface area contributed by atoms with Crippen molar-refractivity contribution in [3.05, 3.63) is 155 Å². The molecule has 1 N–H and O–H groups in total. The van der Waals surface area contributed by atoms with Crippen LogP contribution in [0.25, 0.3) is 10.9 Å². The van der Waals surface area contributed by atoms with Gasteiger partial charge >= 0.3 is 14.7 Å². The van der Waals surface area contributed by atoms with Crippen LogP contribution in [-0.2, 0) is 20.2 Å². The second-order valence-corrected chi connectivity index (χ2v) is 19.6. The Kier molecular flexibility index (Phi) is 15.9. The fraction of sp³-hybridized carbons (Fsp3) is 0.327. The molecular weight excluding hydrogens is 765 g/mol. The first-order chi connectivity index (χ1) is 28.7. The van der Waals surface area contributed by atoms with Gasteiger partial charge in [-0.3, -0.25) is 0 Å². The quantitative estimate of drug-likeness (QED) is 0.0373. The predicted molar refractivity (Wildman–Crippen MR) is 243 cm³/mol. The molecular formula is C49H56N6O4Si. The number of amides is 1. The molecule has 0 radical (unpaired) electrons. The summed E-state index contributed by atoms with van der Waals surface area (Å²) in [4.78, 5) is 18.1. The van der Waals surface area contributed by atoms with Gasteiger partial charge in [0.1, 0.15) is 6.61 Å². The number of alkyl carbamates (subject to hydrolysis) is 1. The molecule has 10 nitrogen and oxygen atoms in total. The van der Waals surface area contributed by atoms with Crippen LogP contribution < -0.4 is 10.2 Å². The second kappa shape index (κ2) is 21.2. The third-order valence-corrected chi connectivity index (χ3v) is 12.8. The number of hydrogen-bond donors (Lipinski definition) is 1. The van der Waals surface area contributed by atoms with Gasteiger partial charge in [0, 0.05) is 35.8 Å². The van der Waals surface area contributed by atoms with Crippen LogP contribution in [0.3, 0.4) is 0 Å². The van der Waals surface area contributed by atoms with E-state index < -0.39 is 14.7 Å². The number of anilines is 3.